The number of nitrogens with zero attached hydrogens (tertiary/aromatic N) is 2. The van der Waals surface area contributed by atoms with Crippen LogP contribution in [0.1, 0.15) is 47.0 Å². The summed E-state index contributed by atoms with van der Waals surface area (Å²) in [5, 5.41) is 17.8. The highest BCUT2D eigenvalue weighted by Gasteiger charge is 2.25. The highest BCUT2D eigenvalue weighted by Crippen LogP contribution is 2.35. The van der Waals surface area contributed by atoms with Gasteiger partial charge in [-0.3, -0.25) is 19.9 Å². The molecule has 9 heteroatoms. The molecular formula is C23H21BrN4O4. The number of anilines is 1. The average Bonchev–Trinajstić information content (AvgIpc) is 2.80. The van der Waals surface area contributed by atoms with Crippen LogP contribution in [0.2, 0.25) is 0 Å². The lowest BCUT2D eigenvalue weighted by atomic mass is 10.00. The molecule has 2 heterocycles. The van der Waals surface area contributed by atoms with Crippen molar-refractivity contribution in [2.75, 3.05) is 11.9 Å². The summed E-state index contributed by atoms with van der Waals surface area (Å²) in [5.41, 5.74) is 2.00. The molecule has 2 unspecified atom stereocenters. The molecule has 0 fully saturated rings. The number of hydrogen-bond donors (Lipinski definition) is 2. The minimum Gasteiger partial charge on any atom is -0.493 e. The summed E-state index contributed by atoms with van der Waals surface area (Å²) in [4.78, 5) is 28.4. The van der Waals surface area contributed by atoms with E-state index in [-0.39, 0.29) is 29.2 Å². The second-order valence-electron chi connectivity index (χ2n) is 7.45. The molecule has 4 rings (SSSR count). The van der Waals surface area contributed by atoms with E-state index in [9.17, 15) is 14.9 Å². The summed E-state index contributed by atoms with van der Waals surface area (Å²) in [5.74, 6) is 0.342. The van der Waals surface area contributed by atoms with E-state index in [0.717, 1.165) is 21.5 Å². The lowest BCUT2D eigenvalue weighted by Gasteiger charge is -2.27. The number of carbonyl (C=O) groups excluding carboxylic acids is 1. The molecule has 0 radical (unpaired) electrons. The monoisotopic (exact) mass is 496 g/mol. The quantitative estimate of drug-likeness (QED) is 0.359. The zero-order valence-electron chi connectivity index (χ0n) is 17.2. The van der Waals surface area contributed by atoms with Crippen LogP contribution in [0.5, 0.6) is 5.75 Å². The Bertz CT molecular complexity index is 1160. The van der Waals surface area contributed by atoms with Gasteiger partial charge in [-0.05, 0) is 49.4 Å². The molecule has 0 spiro atoms. The fourth-order valence-electron chi connectivity index (χ4n) is 3.64. The minimum absolute atomic E-state index is 0.171. The Labute approximate surface area is 193 Å². The highest BCUT2D eigenvalue weighted by atomic mass is 79.9. The molecule has 32 heavy (non-hydrogen) atoms. The zero-order valence-corrected chi connectivity index (χ0v) is 18.8. The van der Waals surface area contributed by atoms with Crippen molar-refractivity contribution in [2.24, 2.45) is 0 Å². The second kappa shape index (κ2) is 9.35. The van der Waals surface area contributed by atoms with Crippen molar-refractivity contribution in [3.8, 4) is 5.75 Å². The molecule has 0 saturated heterocycles. The van der Waals surface area contributed by atoms with Crippen LogP contribution in [0, 0.1) is 10.1 Å². The molecular weight excluding hydrogens is 476 g/mol. The van der Waals surface area contributed by atoms with Crippen LogP contribution in [0.25, 0.3) is 0 Å². The van der Waals surface area contributed by atoms with Crippen molar-refractivity contribution < 1.29 is 14.5 Å². The van der Waals surface area contributed by atoms with E-state index in [2.05, 4.69) is 31.5 Å². The summed E-state index contributed by atoms with van der Waals surface area (Å²) in [6, 6.07) is 15.1. The van der Waals surface area contributed by atoms with Crippen LogP contribution in [-0.2, 0) is 0 Å². The molecule has 0 aliphatic carbocycles. The summed E-state index contributed by atoms with van der Waals surface area (Å²) in [7, 11) is 0. The van der Waals surface area contributed by atoms with Gasteiger partial charge in [-0.2, -0.15) is 0 Å². The van der Waals surface area contributed by atoms with E-state index in [1.165, 1.54) is 6.07 Å². The maximum Gasteiger partial charge on any atom is 0.293 e. The number of nitro benzene ring substituents is 1. The first-order valence-electron chi connectivity index (χ1n) is 10.1. The number of pyridine rings is 1. The molecule has 1 aliphatic heterocycles. The molecule has 0 bridgehead atoms. The van der Waals surface area contributed by atoms with Crippen molar-refractivity contribution >= 4 is 33.2 Å². The predicted octanol–water partition coefficient (Wildman–Crippen LogP) is 5.18. The maximum absolute atomic E-state index is 12.9. The smallest absolute Gasteiger partial charge is 0.293 e. The van der Waals surface area contributed by atoms with Gasteiger partial charge in [0.1, 0.15) is 11.4 Å². The number of halogens is 1. The standard InChI is InChI=1S/C23H21BrN4O4/c1-14(18-4-2-3-10-25-18)26-20-7-5-15(12-21(20)28(30)31)23(29)27-19-9-11-32-22-8-6-16(24)13-17(19)22/h2-8,10,12-14,19,26H,9,11H2,1H3,(H,27,29). The van der Waals surface area contributed by atoms with Crippen LogP contribution in [-0.4, -0.2) is 22.4 Å². The number of fused-ring (bicyclic) bond motifs is 1. The maximum atomic E-state index is 12.9. The normalized spacial score (nSPS) is 15.8. The summed E-state index contributed by atoms with van der Waals surface area (Å²) >= 11 is 3.44. The Balaban J connectivity index is 1.55. The Morgan fingerprint density at radius 2 is 2.09 bits per heavy atom. The van der Waals surface area contributed by atoms with Crippen molar-refractivity contribution in [1.82, 2.24) is 10.3 Å². The molecule has 2 aromatic carbocycles. The number of hydrogen-bond acceptors (Lipinski definition) is 6. The highest BCUT2D eigenvalue weighted by molar-refractivity contribution is 9.10. The van der Waals surface area contributed by atoms with Gasteiger partial charge >= 0.3 is 0 Å². The lowest BCUT2D eigenvalue weighted by Crippen LogP contribution is -2.32. The van der Waals surface area contributed by atoms with Crippen molar-refractivity contribution in [2.45, 2.75) is 25.4 Å². The summed E-state index contributed by atoms with van der Waals surface area (Å²) in [6.45, 7) is 2.35. The number of carbonyl (C=O) groups is 1. The van der Waals surface area contributed by atoms with Gasteiger partial charge in [0.25, 0.3) is 11.6 Å². The summed E-state index contributed by atoms with van der Waals surface area (Å²) < 4.78 is 6.54. The van der Waals surface area contributed by atoms with Crippen molar-refractivity contribution in [1.29, 1.82) is 0 Å². The molecule has 1 aromatic heterocycles. The number of ether oxygens (including phenoxy) is 1. The topological polar surface area (TPSA) is 106 Å². The molecule has 164 valence electrons. The van der Waals surface area contributed by atoms with E-state index < -0.39 is 4.92 Å². The van der Waals surface area contributed by atoms with Gasteiger partial charge in [-0.1, -0.05) is 22.0 Å². The van der Waals surface area contributed by atoms with Crippen LogP contribution in [0.15, 0.2) is 65.3 Å². The first-order valence-corrected chi connectivity index (χ1v) is 10.9. The largest absolute Gasteiger partial charge is 0.493 e. The van der Waals surface area contributed by atoms with E-state index in [0.29, 0.717) is 18.7 Å². The Hall–Kier alpha value is -3.46. The summed E-state index contributed by atoms with van der Waals surface area (Å²) in [6.07, 6.45) is 2.28. The van der Waals surface area contributed by atoms with Crippen LogP contribution >= 0.6 is 15.9 Å². The Morgan fingerprint density at radius 1 is 1.25 bits per heavy atom. The number of benzene rings is 2. The molecule has 2 N–H and O–H groups in total. The third-order valence-corrected chi connectivity index (χ3v) is 5.77. The van der Waals surface area contributed by atoms with E-state index in [4.69, 9.17) is 4.74 Å². The number of nitro groups is 1. The zero-order chi connectivity index (χ0) is 22.7. The predicted molar refractivity (Wildman–Crippen MR) is 124 cm³/mol. The van der Waals surface area contributed by atoms with Crippen LogP contribution in [0.3, 0.4) is 0 Å². The fourth-order valence-corrected chi connectivity index (χ4v) is 4.02. The molecule has 1 amide bonds. The number of aromatic nitrogens is 1. The van der Waals surface area contributed by atoms with Gasteiger partial charge < -0.3 is 15.4 Å². The third-order valence-electron chi connectivity index (χ3n) is 5.28. The third kappa shape index (κ3) is 4.72. The van der Waals surface area contributed by atoms with Gasteiger partial charge in [0.15, 0.2) is 0 Å². The van der Waals surface area contributed by atoms with Crippen molar-refractivity contribution in [3.05, 3.63) is 92.2 Å². The number of nitrogens with one attached hydrogen (secondary N) is 2. The minimum atomic E-state index is -0.495. The van der Waals surface area contributed by atoms with Crippen LogP contribution in [0.4, 0.5) is 11.4 Å². The van der Waals surface area contributed by atoms with Crippen molar-refractivity contribution in [3.63, 3.8) is 0 Å². The average molecular weight is 497 g/mol. The van der Waals surface area contributed by atoms with E-state index in [1.807, 2.05) is 43.3 Å². The van der Waals surface area contributed by atoms with Gasteiger partial charge in [-0.15, -0.1) is 0 Å². The lowest BCUT2D eigenvalue weighted by molar-refractivity contribution is -0.384. The number of rotatable bonds is 6. The van der Waals surface area contributed by atoms with Gasteiger partial charge in [0.05, 0.1) is 29.3 Å². The second-order valence-corrected chi connectivity index (χ2v) is 8.37. The van der Waals surface area contributed by atoms with Gasteiger partial charge in [-0.25, -0.2) is 0 Å². The Morgan fingerprint density at radius 3 is 2.84 bits per heavy atom. The molecule has 0 saturated carbocycles. The molecule has 2 atom stereocenters. The molecule has 1 aliphatic rings. The fraction of sp³-hybridized carbons (Fsp3) is 0.217. The first kappa shape index (κ1) is 21.8. The van der Waals surface area contributed by atoms with E-state index >= 15 is 0 Å². The van der Waals surface area contributed by atoms with Crippen LogP contribution < -0.4 is 15.4 Å². The first-order chi connectivity index (χ1) is 15.4. The SMILES string of the molecule is CC(Nc1ccc(C(=O)NC2CCOc3ccc(Br)cc32)cc1[N+](=O)[O-])c1ccccn1. The molecule has 3 aromatic rings. The molecule has 8 nitrogen and oxygen atoms in total. The van der Waals surface area contributed by atoms with Gasteiger partial charge in [0, 0.05) is 34.3 Å². The van der Waals surface area contributed by atoms with E-state index in [1.54, 1.807) is 18.3 Å². The number of amides is 1. The Kier molecular flexibility index (Phi) is 6.36. The van der Waals surface area contributed by atoms with Gasteiger partial charge in [0.2, 0.25) is 0 Å².